The number of terminal acetylenes is 1. The third kappa shape index (κ3) is 2.62. The van der Waals surface area contributed by atoms with Crippen LogP contribution in [-0.4, -0.2) is 37.8 Å². The van der Waals surface area contributed by atoms with Crippen molar-refractivity contribution >= 4 is 15.9 Å². The Morgan fingerprint density at radius 3 is 2.68 bits per heavy atom. The minimum Gasteiger partial charge on any atom is -0.353 e. The van der Waals surface area contributed by atoms with Crippen molar-refractivity contribution in [3.63, 3.8) is 0 Å². The minimum atomic E-state index is -3.69. The second-order valence-electron chi connectivity index (χ2n) is 4.14. The SMILES string of the molecule is C#CCC1C(=O)NCCN1S(=O)(=O)c1ccccc1. The lowest BCUT2D eigenvalue weighted by Crippen LogP contribution is -2.56. The number of sulfonamides is 1. The average molecular weight is 278 g/mol. The molecule has 0 bridgehead atoms. The number of carbonyl (C=O) groups excluding carboxylic acids is 1. The van der Waals surface area contributed by atoms with Crippen LogP contribution in [0.1, 0.15) is 6.42 Å². The fourth-order valence-corrected chi connectivity index (χ4v) is 3.62. The van der Waals surface area contributed by atoms with E-state index in [-0.39, 0.29) is 23.8 Å². The maximum atomic E-state index is 12.5. The molecular formula is C13H14N2O3S. The third-order valence-electron chi connectivity index (χ3n) is 2.94. The van der Waals surface area contributed by atoms with Crippen molar-refractivity contribution in [3.8, 4) is 12.3 Å². The van der Waals surface area contributed by atoms with Crippen LogP contribution in [0.15, 0.2) is 35.2 Å². The summed E-state index contributed by atoms with van der Waals surface area (Å²) >= 11 is 0. The van der Waals surface area contributed by atoms with E-state index >= 15 is 0 Å². The van der Waals surface area contributed by atoms with Crippen LogP contribution >= 0.6 is 0 Å². The van der Waals surface area contributed by atoms with Gasteiger partial charge in [0, 0.05) is 19.5 Å². The van der Waals surface area contributed by atoms with Crippen LogP contribution < -0.4 is 5.32 Å². The summed E-state index contributed by atoms with van der Waals surface area (Å²) in [5.41, 5.74) is 0. The monoisotopic (exact) mass is 278 g/mol. The summed E-state index contributed by atoms with van der Waals surface area (Å²) in [4.78, 5) is 11.9. The molecule has 1 unspecified atom stereocenters. The molecule has 19 heavy (non-hydrogen) atoms. The van der Waals surface area contributed by atoms with Crippen LogP contribution in [0.3, 0.4) is 0 Å². The highest BCUT2D eigenvalue weighted by molar-refractivity contribution is 7.89. The zero-order valence-corrected chi connectivity index (χ0v) is 11.1. The summed E-state index contributed by atoms with van der Waals surface area (Å²) in [6.45, 7) is 0.529. The lowest BCUT2D eigenvalue weighted by molar-refractivity contribution is -0.126. The summed E-state index contributed by atoms with van der Waals surface area (Å²) in [5.74, 6) is 2.01. The zero-order valence-electron chi connectivity index (χ0n) is 10.2. The Morgan fingerprint density at radius 1 is 1.37 bits per heavy atom. The first-order valence-corrected chi connectivity index (χ1v) is 7.29. The molecule has 1 aliphatic rings. The standard InChI is InChI=1S/C13H14N2O3S/c1-2-6-12-13(16)14-9-10-15(12)19(17,18)11-7-4-3-5-8-11/h1,3-5,7-8,12H,6,9-10H2,(H,14,16). The predicted octanol–water partition coefficient (Wildman–Crippen LogP) is 0.199. The van der Waals surface area contributed by atoms with Gasteiger partial charge in [0.05, 0.1) is 4.90 Å². The summed E-state index contributed by atoms with van der Waals surface area (Å²) < 4.78 is 26.2. The van der Waals surface area contributed by atoms with E-state index < -0.39 is 16.1 Å². The molecule has 5 nitrogen and oxygen atoms in total. The fourth-order valence-electron chi connectivity index (χ4n) is 2.02. The molecular weight excluding hydrogens is 264 g/mol. The van der Waals surface area contributed by atoms with Crippen molar-refractivity contribution in [2.24, 2.45) is 0 Å². The van der Waals surface area contributed by atoms with E-state index in [1.54, 1.807) is 18.2 Å². The Labute approximate surface area is 112 Å². The number of carbonyl (C=O) groups is 1. The van der Waals surface area contributed by atoms with Gasteiger partial charge in [0.1, 0.15) is 6.04 Å². The smallest absolute Gasteiger partial charge is 0.243 e. The van der Waals surface area contributed by atoms with Crippen molar-refractivity contribution in [1.29, 1.82) is 0 Å². The first-order chi connectivity index (χ1) is 9.07. The van der Waals surface area contributed by atoms with E-state index in [1.165, 1.54) is 16.4 Å². The van der Waals surface area contributed by atoms with E-state index in [4.69, 9.17) is 6.42 Å². The van der Waals surface area contributed by atoms with Gasteiger partial charge < -0.3 is 5.32 Å². The van der Waals surface area contributed by atoms with Gasteiger partial charge in [-0.05, 0) is 12.1 Å². The van der Waals surface area contributed by atoms with Crippen LogP contribution in [0.4, 0.5) is 0 Å². The van der Waals surface area contributed by atoms with Crippen molar-refractivity contribution in [2.75, 3.05) is 13.1 Å². The molecule has 0 aliphatic carbocycles. The molecule has 1 aromatic carbocycles. The quantitative estimate of drug-likeness (QED) is 0.803. The molecule has 0 saturated carbocycles. The number of rotatable bonds is 3. The molecule has 100 valence electrons. The number of nitrogens with one attached hydrogen (secondary N) is 1. The lowest BCUT2D eigenvalue weighted by atomic mass is 10.1. The van der Waals surface area contributed by atoms with Crippen LogP contribution in [0, 0.1) is 12.3 Å². The highest BCUT2D eigenvalue weighted by atomic mass is 32.2. The van der Waals surface area contributed by atoms with Gasteiger partial charge in [-0.25, -0.2) is 8.42 Å². The largest absolute Gasteiger partial charge is 0.353 e. The number of hydrogen-bond acceptors (Lipinski definition) is 3. The highest BCUT2D eigenvalue weighted by Gasteiger charge is 2.37. The number of piperazine rings is 1. The molecule has 0 radical (unpaired) electrons. The molecule has 2 rings (SSSR count). The fraction of sp³-hybridized carbons (Fsp3) is 0.308. The van der Waals surface area contributed by atoms with Gasteiger partial charge in [-0.3, -0.25) is 4.79 Å². The van der Waals surface area contributed by atoms with Crippen molar-refractivity contribution in [3.05, 3.63) is 30.3 Å². The molecule has 1 aromatic rings. The second kappa shape index (κ2) is 5.43. The topological polar surface area (TPSA) is 66.5 Å². The summed E-state index contributed by atoms with van der Waals surface area (Å²) in [5, 5.41) is 2.63. The average Bonchev–Trinajstić information content (AvgIpc) is 2.42. The summed E-state index contributed by atoms with van der Waals surface area (Å²) in [7, 11) is -3.69. The number of nitrogens with zero attached hydrogens (tertiary/aromatic N) is 1. The maximum absolute atomic E-state index is 12.5. The van der Waals surface area contributed by atoms with E-state index in [0.717, 1.165) is 0 Å². The molecule has 1 heterocycles. The summed E-state index contributed by atoms with van der Waals surface area (Å²) in [6, 6.07) is 7.22. The van der Waals surface area contributed by atoms with E-state index in [9.17, 15) is 13.2 Å². The van der Waals surface area contributed by atoms with Gasteiger partial charge in [0.25, 0.3) is 0 Å². The summed E-state index contributed by atoms with van der Waals surface area (Å²) in [6.07, 6.45) is 5.28. The molecule has 1 fully saturated rings. The maximum Gasteiger partial charge on any atom is 0.243 e. The lowest BCUT2D eigenvalue weighted by Gasteiger charge is -2.33. The van der Waals surface area contributed by atoms with Crippen molar-refractivity contribution in [1.82, 2.24) is 9.62 Å². The van der Waals surface area contributed by atoms with Gasteiger partial charge in [-0.2, -0.15) is 4.31 Å². The molecule has 1 N–H and O–H groups in total. The van der Waals surface area contributed by atoms with Gasteiger partial charge in [-0.15, -0.1) is 12.3 Å². The molecule has 6 heteroatoms. The minimum absolute atomic E-state index is 0.0674. The first-order valence-electron chi connectivity index (χ1n) is 5.85. The first kappa shape index (κ1) is 13.6. The van der Waals surface area contributed by atoms with Gasteiger partial charge in [-0.1, -0.05) is 18.2 Å². The predicted molar refractivity (Wildman–Crippen MR) is 70.6 cm³/mol. The second-order valence-corrected chi connectivity index (χ2v) is 6.03. The van der Waals surface area contributed by atoms with Crippen molar-refractivity contribution < 1.29 is 13.2 Å². The Morgan fingerprint density at radius 2 is 2.05 bits per heavy atom. The van der Waals surface area contributed by atoms with Gasteiger partial charge in [0.2, 0.25) is 15.9 Å². The van der Waals surface area contributed by atoms with Crippen LogP contribution in [0.2, 0.25) is 0 Å². The van der Waals surface area contributed by atoms with Crippen LogP contribution in [0.5, 0.6) is 0 Å². The number of amides is 1. The molecule has 1 aliphatic heterocycles. The van der Waals surface area contributed by atoms with E-state index in [1.807, 2.05) is 0 Å². The normalized spacial score (nSPS) is 20.6. The third-order valence-corrected chi connectivity index (χ3v) is 4.87. The van der Waals surface area contributed by atoms with Gasteiger partial charge in [0.15, 0.2) is 0 Å². The highest BCUT2D eigenvalue weighted by Crippen LogP contribution is 2.20. The van der Waals surface area contributed by atoms with Crippen LogP contribution in [-0.2, 0) is 14.8 Å². The Hall–Kier alpha value is -1.84. The molecule has 1 atom stereocenters. The van der Waals surface area contributed by atoms with E-state index in [2.05, 4.69) is 11.2 Å². The zero-order chi connectivity index (χ0) is 13.9. The Kier molecular flexibility index (Phi) is 3.88. The number of benzene rings is 1. The molecule has 0 spiro atoms. The molecule has 1 saturated heterocycles. The van der Waals surface area contributed by atoms with Gasteiger partial charge >= 0.3 is 0 Å². The molecule has 0 aromatic heterocycles. The Balaban J connectivity index is 2.38. The van der Waals surface area contributed by atoms with Crippen LogP contribution in [0.25, 0.3) is 0 Å². The number of hydrogen-bond donors (Lipinski definition) is 1. The van der Waals surface area contributed by atoms with E-state index in [0.29, 0.717) is 6.54 Å². The Bertz CT molecular complexity index is 605. The molecule has 1 amide bonds. The van der Waals surface area contributed by atoms with Crippen molar-refractivity contribution in [2.45, 2.75) is 17.4 Å².